The molecule has 4 nitrogen and oxygen atoms in total. The zero-order chi connectivity index (χ0) is 14.4. The number of nitrogens with one attached hydrogen (secondary N) is 1. The van der Waals surface area contributed by atoms with Crippen molar-refractivity contribution in [3.8, 4) is 0 Å². The molecule has 2 rings (SSSR count). The lowest BCUT2D eigenvalue weighted by Crippen LogP contribution is -2.19. The van der Waals surface area contributed by atoms with Gasteiger partial charge in [-0.15, -0.1) is 0 Å². The van der Waals surface area contributed by atoms with E-state index >= 15 is 0 Å². The average molecular weight is 267 g/mol. The molecule has 0 bridgehead atoms. The smallest absolute Gasteiger partial charge is 0.267 e. The molecule has 20 heavy (non-hydrogen) atoms. The molecule has 1 aromatic heterocycles. The number of hydrogen-bond acceptors (Lipinski definition) is 3. The van der Waals surface area contributed by atoms with Crippen molar-refractivity contribution in [2.75, 3.05) is 0 Å². The largest absolute Gasteiger partial charge is 0.272 e. The summed E-state index contributed by atoms with van der Waals surface area (Å²) in [6.45, 7) is 3.98. The number of hydrogen-bond donors (Lipinski definition) is 1. The van der Waals surface area contributed by atoms with Crippen LogP contribution >= 0.6 is 0 Å². The van der Waals surface area contributed by atoms with E-state index in [0.29, 0.717) is 5.56 Å². The van der Waals surface area contributed by atoms with Crippen molar-refractivity contribution in [1.29, 1.82) is 0 Å². The highest BCUT2D eigenvalue weighted by Crippen LogP contribution is 2.06. The monoisotopic (exact) mass is 267 g/mol. The second-order valence-electron chi connectivity index (χ2n) is 4.43. The second-order valence-corrected chi connectivity index (χ2v) is 4.43. The minimum absolute atomic E-state index is 0.261. The van der Waals surface area contributed by atoms with Gasteiger partial charge in [-0.3, -0.25) is 9.78 Å². The summed E-state index contributed by atoms with van der Waals surface area (Å²) in [5.41, 5.74) is 6.07. The number of nitrogens with zero attached hydrogens (tertiary/aromatic N) is 2. The number of aromatic nitrogens is 1. The van der Waals surface area contributed by atoms with Gasteiger partial charge in [-0.1, -0.05) is 31.2 Å². The fourth-order valence-electron chi connectivity index (χ4n) is 1.74. The Morgan fingerprint density at radius 3 is 2.55 bits per heavy atom. The first kappa shape index (κ1) is 13.9. The Bertz CT molecular complexity index is 603. The summed E-state index contributed by atoms with van der Waals surface area (Å²) in [7, 11) is 0. The maximum Gasteiger partial charge on any atom is 0.272 e. The Balaban J connectivity index is 2.05. The lowest BCUT2D eigenvalue weighted by Gasteiger charge is -2.04. The normalized spacial score (nSPS) is 11.2. The molecule has 1 N–H and O–H groups in total. The zero-order valence-electron chi connectivity index (χ0n) is 11.6. The maximum absolute atomic E-state index is 11.8. The molecule has 0 radical (unpaired) electrons. The highest BCUT2D eigenvalue weighted by Gasteiger charge is 2.04. The third-order valence-corrected chi connectivity index (χ3v) is 3.03. The van der Waals surface area contributed by atoms with E-state index in [1.807, 2.05) is 19.1 Å². The molecule has 4 heteroatoms. The van der Waals surface area contributed by atoms with Gasteiger partial charge in [0.15, 0.2) is 0 Å². The Labute approximate surface area is 118 Å². The summed E-state index contributed by atoms with van der Waals surface area (Å²) in [5, 5.41) is 4.12. The Kier molecular flexibility index (Phi) is 4.60. The van der Waals surface area contributed by atoms with Gasteiger partial charge in [-0.05, 0) is 36.6 Å². The van der Waals surface area contributed by atoms with Crippen LogP contribution in [0.2, 0.25) is 0 Å². The molecule has 102 valence electrons. The number of amides is 1. The summed E-state index contributed by atoms with van der Waals surface area (Å²) < 4.78 is 0. The predicted octanol–water partition coefficient (Wildman–Crippen LogP) is 2.80. The van der Waals surface area contributed by atoms with Crippen LogP contribution in [0.3, 0.4) is 0 Å². The van der Waals surface area contributed by atoms with Gasteiger partial charge in [0.2, 0.25) is 0 Å². The zero-order valence-corrected chi connectivity index (χ0v) is 11.6. The fraction of sp³-hybridized carbons (Fsp3) is 0.188. The molecule has 1 amide bonds. The van der Waals surface area contributed by atoms with Gasteiger partial charge in [0.1, 0.15) is 0 Å². The van der Waals surface area contributed by atoms with Crippen LogP contribution in [0.1, 0.15) is 35.3 Å². The molecular weight excluding hydrogens is 250 g/mol. The van der Waals surface area contributed by atoms with Crippen molar-refractivity contribution in [1.82, 2.24) is 10.4 Å². The number of benzene rings is 1. The van der Waals surface area contributed by atoms with Crippen molar-refractivity contribution in [2.24, 2.45) is 5.10 Å². The predicted molar refractivity (Wildman–Crippen MR) is 79.7 cm³/mol. The molecule has 0 saturated carbocycles. The molecule has 0 unspecified atom stereocenters. The number of rotatable bonds is 4. The standard InChI is InChI=1S/C16H17N3O/c1-3-13-6-8-14(9-7-13)12(2)18-19-16(20)15-5-4-10-17-11-15/h4-11H,3H2,1-2H3,(H,19,20)/b18-12+. The summed E-state index contributed by atoms with van der Waals surface area (Å²) in [6, 6.07) is 11.6. The molecular formula is C16H17N3O. The molecule has 1 aromatic carbocycles. The van der Waals surface area contributed by atoms with Crippen LogP contribution in [0.4, 0.5) is 0 Å². The fourth-order valence-corrected chi connectivity index (χ4v) is 1.74. The molecule has 0 atom stereocenters. The van der Waals surface area contributed by atoms with Crippen LogP contribution in [0.5, 0.6) is 0 Å². The van der Waals surface area contributed by atoms with Crippen LogP contribution in [0.25, 0.3) is 0 Å². The van der Waals surface area contributed by atoms with Crippen LogP contribution < -0.4 is 5.43 Å². The van der Waals surface area contributed by atoms with E-state index < -0.39 is 0 Å². The molecule has 0 aliphatic carbocycles. The molecule has 0 spiro atoms. The minimum atomic E-state index is -0.261. The number of pyridine rings is 1. The van der Waals surface area contributed by atoms with E-state index in [4.69, 9.17) is 0 Å². The van der Waals surface area contributed by atoms with Gasteiger partial charge >= 0.3 is 0 Å². The first-order chi connectivity index (χ1) is 9.70. The molecule has 2 aromatic rings. The van der Waals surface area contributed by atoms with Crippen molar-refractivity contribution >= 4 is 11.6 Å². The van der Waals surface area contributed by atoms with Gasteiger partial charge in [-0.25, -0.2) is 5.43 Å². The van der Waals surface area contributed by atoms with Crippen LogP contribution in [-0.2, 0) is 6.42 Å². The molecule has 0 fully saturated rings. The van der Waals surface area contributed by atoms with Gasteiger partial charge in [0.25, 0.3) is 5.91 Å². The average Bonchev–Trinajstić information content (AvgIpc) is 2.53. The van der Waals surface area contributed by atoms with Crippen LogP contribution in [-0.4, -0.2) is 16.6 Å². The first-order valence-corrected chi connectivity index (χ1v) is 6.54. The van der Waals surface area contributed by atoms with Crippen molar-refractivity contribution in [2.45, 2.75) is 20.3 Å². The molecule has 0 aliphatic rings. The quantitative estimate of drug-likeness (QED) is 0.684. The van der Waals surface area contributed by atoms with Crippen molar-refractivity contribution in [3.05, 3.63) is 65.5 Å². The van der Waals surface area contributed by atoms with E-state index in [0.717, 1.165) is 17.7 Å². The van der Waals surface area contributed by atoms with Crippen molar-refractivity contribution in [3.63, 3.8) is 0 Å². The molecule has 0 aliphatic heterocycles. The third-order valence-electron chi connectivity index (χ3n) is 3.03. The summed E-state index contributed by atoms with van der Waals surface area (Å²) in [6.07, 6.45) is 4.14. The Morgan fingerprint density at radius 2 is 1.95 bits per heavy atom. The van der Waals surface area contributed by atoms with E-state index in [-0.39, 0.29) is 5.91 Å². The number of aryl methyl sites for hydroxylation is 1. The molecule has 0 saturated heterocycles. The topological polar surface area (TPSA) is 54.4 Å². The first-order valence-electron chi connectivity index (χ1n) is 6.54. The highest BCUT2D eigenvalue weighted by molar-refractivity contribution is 6.00. The summed E-state index contributed by atoms with van der Waals surface area (Å²) in [5.74, 6) is -0.261. The lowest BCUT2D eigenvalue weighted by atomic mass is 10.1. The van der Waals surface area contributed by atoms with Gasteiger partial charge in [0, 0.05) is 12.4 Å². The van der Waals surface area contributed by atoms with Crippen molar-refractivity contribution < 1.29 is 4.79 Å². The Hall–Kier alpha value is -2.49. The molecule has 1 heterocycles. The lowest BCUT2D eigenvalue weighted by molar-refractivity contribution is 0.0954. The SMILES string of the molecule is CCc1ccc(/C(C)=N/NC(=O)c2cccnc2)cc1. The van der Waals surface area contributed by atoms with Gasteiger partial charge in [0.05, 0.1) is 11.3 Å². The van der Waals surface area contributed by atoms with Crippen LogP contribution in [0.15, 0.2) is 53.9 Å². The second kappa shape index (κ2) is 6.61. The number of hydrazone groups is 1. The number of carbonyl (C=O) groups excluding carboxylic acids is 1. The number of carbonyl (C=O) groups is 1. The highest BCUT2D eigenvalue weighted by atomic mass is 16.2. The maximum atomic E-state index is 11.8. The van der Waals surface area contributed by atoms with E-state index in [1.165, 1.54) is 11.8 Å². The minimum Gasteiger partial charge on any atom is -0.267 e. The van der Waals surface area contributed by atoms with Crippen LogP contribution in [0, 0.1) is 0 Å². The van der Waals surface area contributed by atoms with E-state index in [1.54, 1.807) is 18.3 Å². The third kappa shape index (κ3) is 3.51. The Morgan fingerprint density at radius 1 is 1.20 bits per heavy atom. The summed E-state index contributed by atoms with van der Waals surface area (Å²) in [4.78, 5) is 15.7. The van der Waals surface area contributed by atoms with E-state index in [2.05, 4.69) is 34.6 Å². The summed E-state index contributed by atoms with van der Waals surface area (Å²) >= 11 is 0. The van der Waals surface area contributed by atoms with E-state index in [9.17, 15) is 4.79 Å². The van der Waals surface area contributed by atoms with Gasteiger partial charge < -0.3 is 0 Å². The van der Waals surface area contributed by atoms with Gasteiger partial charge in [-0.2, -0.15) is 5.10 Å².